The van der Waals surface area contributed by atoms with Crippen LogP contribution < -0.4 is 10.6 Å². The van der Waals surface area contributed by atoms with Gasteiger partial charge in [-0.3, -0.25) is 4.90 Å². The van der Waals surface area contributed by atoms with Crippen LogP contribution in [0.4, 0.5) is 4.79 Å². The molecular formula is C21H30N4O3. The number of nitrogens with zero attached hydrogens (tertiary/aromatic N) is 2. The molecule has 0 unspecified atom stereocenters. The van der Waals surface area contributed by atoms with Gasteiger partial charge in [-0.15, -0.1) is 0 Å². The number of rotatable bonds is 5. The number of hydrogen-bond donors (Lipinski definition) is 2. The summed E-state index contributed by atoms with van der Waals surface area (Å²) in [5, 5.41) is 5.78. The SMILES string of the molecule is CCN1CCN(CC2=C(C(=O)OC)[C@@H](c3cc(C)ccc3C)NC(=O)N2)CC1. The molecule has 152 valence electrons. The summed E-state index contributed by atoms with van der Waals surface area (Å²) in [6.07, 6.45) is 0. The Hall–Kier alpha value is -2.38. The summed E-state index contributed by atoms with van der Waals surface area (Å²) < 4.78 is 5.09. The molecule has 0 bridgehead atoms. The van der Waals surface area contributed by atoms with E-state index in [2.05, 4.69) is 27.4 Å². The molecule has 2 amide bonds. The average molecular weight is 386 g/mol. The van der Waals surface area contributed by atoms with Crippen molar-refractivity contribution in [3.63, 3.8) is 0 Å². The van der Waals surface area contributed by atoms with E-state index in [1.807, 2.05) is 32.0 Å². The molecule has 1 saturated heterocycles. The molecule has 2 heterocycles. The number of nitrogens with one attached hydrogen (secondary N) is 2. The highest BCUT2D eigenvalue weighted by molar-refractivity contribution is 5.95. The van der Waals surface area contributed by atoms with Crippen LogP contribution in [0.3, 0.4) is 0 Å². The van der Waals surface area contributed by atoms with Crippen molar-refractivity contribution < 1.29 is 14.3 Å². The molecule has 1 aromatic rings. The molecular weight excluding hydrogens is 356 g/mol. The number of likely N-dealkylation sites (N-methyl/N-ethyl adjacent to an activating group) is 1. The summed E-state index contributed by atoms with van der Waals surface area (Å²) in [7, 11) is 1.38. The van der Waals surface area contributed by atoms with Crippen molar-refractivity contribution in [1.82, 2.24) is 20.4 Å². The molecule has 0 saturated carbocycles. The summed E-state index contributed by atoms with van der Waals surface area (Å²) in [4.78, 5) is 29.8. The van der Waals surface area contributed by atoms with Gasteiger partial charge in [0.15, 0.2) is 0 Å². The number of piperazine rings is 1. The van der Waals surface area contributed by atoms with Gasteiger partial charge in [-0.2, -0.15) is 0 Å². The topological polar surface area (TPSA) is 73.9 Å². The molecule has 3 rings (SSSR count). The Balaban J connectivity index is 1.95. The number of aryl methyl sites for hydroxylation is 2. The van der Waals surface area contributed by atoms with Gasteiger partial charge in [0.25, 0.3) is 0 Å². The fourth-order valence-electron chi connectivity index (χ4n) is 3.89. The van der Waals surface area contributed by atoms with E-state index in [1.54, 1.807) is 0 Å². The maximum absolute atomic E-state index is 12.7. The standard InChI is InChI=1S/C21H30N4O3/c1-5-24-8-10-25(11-9-24)13-17-18(20(26)28-4)19(23-21(27)22-17)16-12-14(2)6-7-15(16)3/h6-7,12,19H,5,8-11,13H2,1-4H3,(H2,22,23,27)/t19-/m1/s1. The Morgan fingerprint density at radius 2 is 1.86 bits per heavy atom. The second-order valence-electron chi connectivity index (χ2n) is 7.49. The van der Waals surface area contributed by atoms with Gasteiger partial charge in [-0.25, -0.2) is 9.59 Å². The highest BCUT2D eigenvalue weighted by atomic mass is 16.5. The van der Waals surface area contributed by atoms with Crippen molar-refractivity contribution in [3.8, 4) is 0 Å². The minimum atomic E-state index is -0.520. The number of esters is 1. The number of benzene rings is 1. The van der Waals surface area contributed by atoms with Gasteiger partial charge < -0.3 is 20.3 Å². The maximum Gasteiger partial charge on any atom is 0.338 e. The zero-order chi connectivity index (χ0) is 20.3. The number of urea groups is 1. The van der Waals surface area contributed by atoms with Crippen LogP contribution in [0.15, 0.2) is 29.5 Å². The average Bonchev–Trinajstić information content (AvgIpc) is 2.69. The van der Waals surface area contributed by atoms with E-state index in [0.717, 1.165) is 49.4 Å². The zero-order valence-electron chi connectivity index (χ0n) is 17.2. The minimum absolute atomic E-state index is 0.291. The van der Waals surface area contributed by atoms with E-state index in [4.69, 9.17) is 4.74 Å². The molecule has 2 N–H and O–H groups in total. The fraction of sp³-hybridized carbons (Fsp3) is 0.524. The first-order chi connectivity index (χ1) is 13.4. The largest absolute Gasteiger partial charge is 0.466 e. The zero-order valence-corrected chi connectivity index (χ0v) is 17.2. The van der Waals surface area contributed by atoms with E-state index in [-0.39, 0.29) is 6.03 Å². The molecule has 2 aliphatic rings. The quantitative estimate of drug-likeness (QED) is 0.754. The van der Waals surface area contributed by atoms with Gasteiger partial charge in [0.2, 0.25) is 0 Å². The summed E-state index contributed by atoms with van der Waals surface area (Å²) in [6, 6.07) is 5.25. The highest BCUT2D eigenvalue weighted by Crippen LogP contribution is 2.30. The van der Waals surface area contributed by atoms with Gasteiger partial charge in [0, 0.05) is 38.4 Å². The second kappa shape index (κ2) is 8.75. The summed E-state index contributed by atoms with van der Waals surface area (Å²) in [5.74, 6) is -0.416. The van der Waals surface area contributed by atoms with Crippen molar-refractivity contribution >= 4 is 12.0 Å². The Labute approximate surface area is 166 Å². The first-order valence-corrected chi connectivity index (χ1v) is 9.83. The van der Waals surface area contributed by atoms with Crippen molar-refractivity contribution in [2.75, 3.05) is 46.4 Å². The monoisotopic (exact) mass is 386 g/mol. The lowest BCUT2D eigenvalue weighted by molar-refractivity contribution is -0.136. The van der Waals surface area contributed by atoms with Crippen LogP contribution >= 0.6 is 0 Å². The Bertz CT molecular complexity index is 782. The summed E-state index contributed by atoms with van der Waals surface area (Å²) >= 11 is 0. The molecule has 0 aliphatic carbocycles. The lowest BCUT2D eigenvalue weighted by atomic mass is 9.91. The minimum Gasteiger partial charge on any atom is -0.466 e. The third kappa shape index (κ3) is 4.36. The van der Waals surface area contributed by atoms with E-state index < -0.39 is 12.0 Å². The van der Waals surface area contributed by atoms with E-state index in [9.17, 15) is 9.59 Å². The van der Waals surface area contributed by atoms with Crippen molar-refractivity contribution in [2.24, 2.45) is 0 Å². The third-order valence-corrected chi connectivity index (χ3v) is 5.60. The number of carbonyl (C=O) groups is 2. The number of carbonyl (C=O) groups excluding carboxylic acids is 2. The predicted molar refractivity (Wildman–Crippen MR) is 108 cm³/mol. The van der Waals surface area contributed by atoms with Crippen molar-refractivity contribution in [2.45, 2.75) is 26.8 Å². The molecule has 7 heteroatoms. The van der Waals surface area contributed by atoms with Gasteiger partial charge in [-0.05, 0) is 31.5 Å². The highest BCUT2D eigenvalue weighted by Gasteiger charge is 2.35. The van der Waals surface area contributed by atoms with E-state index >= 15 is 0 Å². The Morgan fingerprint density at radius 3 is 2.50 bits per heavy atom. The van der Waals surface area contributed by atoms with Crippen LogP contribution in [0.5, 0.6) is 0 Å². The number of ether oxygens (including phenoxy) is 1. The molecule has 1 fully saturated rings. The van der Waals surface area contributed by atoms with E-state index in [0.29, 0.717) is 17.8 Å². The second-order valence-corrected chi connectivity index (χ2v) is 7.49. The van der Waals surface area contributed by atoms with Crippen molar-refractivity contribution in [1.29, 1.82) is 0 Å². The Morgan fingerprint density at radius 1 is 1.18 bits per heavy atom. The third-order valence-electron chi connectivity index (χ3n) is 5.60. The van der Waals surface area contributed by atoms with Crippen molar-refractivity contribution in [3.05, 3.63) is 46.2 Å². The summed E-state index contributed by atoms with van der Waals surface area (Å²) in [5.41, 5.74) is 4.13. The van der Waals surface area contributed by atoms with Crippen LogP contribution in [0.2, 0.25) is 0 Å². The predicted octanol–water partition coefficient (Wildman–Crippen LogP) is 1.72. The molecule has 28 heavy (non-hydrogen) atoms. The number of hydrogen-bond acceptors (Lipinski definition) is 5. The van der Waals surface area contributed by atoms with Crippen LogP contribution in [0.1, 0.15) is 29.7 Å². The van der Waals surface area contributed by atoms with Crippen LogP contribution in [-0.4, -0.2) is 68.2 Å². The van der Waals surface area contributed by atoms with Gasteiger partial charge in [0.1, 0.15) is 0 Å². The van der Waals surface area contributed by atoms with Crippen LogP contribution in [0, 0.1) is 13.8 Å². The first kappa shape index (κ1) is 20.4. The fourth-order valence-corrected chi connectivity index (χ4v) is 3.89. The molecule has 0 radical (unpaired) electrons. The molecule has 2 aliphatic heterocycles. The molecule has 0 aromatic heterocycles. The first-order valence-electron chi connectivity index (χ1n) is 9.83. The smallest absolute Gasteiger partial charge is 0.338 e. The maximum atomic E-state index is 12.7. The Kier molecular flexibility index (Phi) is 6.36. The lowest BCUT2D eigenvalue weighted by Crippen LogP contribution is -2.51. The number of amides is 2. The van der Waals surface area contributed by atoms with Gasteiger partial charge in [-0.1, -0.05) is 30.7 Å². The summed E-state index contributed by atoms with van der Waals surface area (Å²) in [6.45, 7) is 11.5. The van der Waals surface area contributed by atoms with E-state index in [1.165, 1.54) is 7.11 Å². The molecule has 1 atom stereocenters. The lowest BCUT2D eigenvalue weighted by Gasteiger charge is -2.36. The molecule has 1 aromatic carbocycles. The van der Waals surface area contributed by atoms with Gasteiger partial charge >= 0.3 is 12.0 Å². The van der Waals surface area contributed by atoms with Crippen LogP contribution in [0.25, 0.3) is 0 Å². The molecule has 0 spiro atoms. The normalized spacial score (nSPS) is 21.3. The number of methoxy groups -OCH3 is 1. The van der Waals surface area contributed by atoms with Crippen LogP contribution in [-0.2, 0) is 9.53 Å². The van der Waals surface area contributed by atoms with Gasteiger partial charge in [0.05, 0.1) is 18.7 Å². The molecule has 7 nitrogen and oxygen atoms in total.